The number of ether oxygens (including phenoxy) is 1. The maximum absolute atomic E-state index is 13.9. The number of imidazole rings is 2. The number of hydrogen-bond donors (Lipinski definition) is 5. The van der Waals surface area contributed by atoms with Crippen LogP contribution in [0.3, 0.4) is 0 Å². The summed E-state index contributed by atoms with van der Waals surface area (Å²) in [5.41, 5.74) is 7.02. The second-order valence-corrected chi connectivity index (χ2v) is 19.4. The number of aromatic nitrogens is 5. The summed E-state index contributed by atoms with van der Waals surface area (Å²) >= 11 is 1.82. The molecule has 5 N–H and O–H groups in total. The zero-order valence-electron chi connectivity index (χ0n) is 36.6. The first-order chi connectivity index (χ1) is 30.4. The molecular formula is C46H58N10O6S. The Kier molecular flexibility index (Phi) is 11.8. The number of rotatable bonds is 11. The van der Waals surface area contributed by atoms with Crippen LogP contribution in [0.25, 0.3) is 22.1 Å². The minimum Gasteiger partial charge on any atom is -0.465 e. The molecule has 0 bridgehead atoms. The molecule has 17 heteroatoms. The van der Waals surface area contributed by atoms with E-state index in [0.29, 0.717) is 18.9 Å². The summed E-state index contributed by atoms with van der Waals surface area (Å²) in [5, 5.41) is 15.7. The standard InChI is InChI=1S/C46H58N10O6S/c1-24(2)38(52-45(59)60)42(57)54-20-8-11-35(54)40-47-28-16-14-26(22-31(28)49-40)33-18-19-34(56(33)44-51-30-10-6-7-13-37(30)63-44)27-15-17-29-32(23-27)50-41(48-29)36-12-9-21-55(36)43(58)39(25(3)4)53-46(61)62-5/h14-17,22-25,33-36,38-39,52H,6-13,18-21H2,1-5H3,(H,47,49)(H,48,50)(H,53,61)(H,59,60)/t33-,34-,35+,36+,38+,39+/m1/s1. The average molecular weight is 879 g/mol. The molecule has 4 aliphatic rings. The SMILES string of the molecule is COC(=O)N[C@H](C(=O)N1CCC[C@H]1c1nc2cc([C@H]3CC[C@H](c4ccc5nc([C@@H]6CCCN6C(=O)[C@@H](NC(=O)O)C(C)C)[nH]c5c4)N3c3nc4c(s3)CCCC4)ccc2[nH]1)C(C)C. The quantitative estimate of drug-likeness (QED) is 0.0870. The Hall–Kier alpha value is -5.71. The van der Waals surface area contributed by atoms with E-state index in [1.54, 1.807) is 4.90 Å². The summed E-state index contributed by atoms with van der Waals surface area (Å²) in [6, 6.07) is 11.0. The van der Waals surface area contributed by atoms with Crippen LogP contribution < -0.4 is 15.5 Å². The Morgan fingerprint density at radius 1 is 0.714 bits per heavy atom. The monoisotopic (exact) mass is 878 g/mol. The maximum Gasteiger partial charge on any atom is 0.407 e. The third-order valence-electron chi connectivity index (χ3n) is 13.6. The number of hydrogen-bond acceptors (Lipinski definition) is 10. The Morgan fingerprint density at radius 3 is 1.92 bits per heavy atom. The molecule has 1 aliphatic carbocycles. The van der Waals surface area contributed by atoms with Crippen molar-refractivity contribution in [2.45, 2.75) is 128 Å². The van der Waals surface area contributed by atoms with Gasteiger partial charge in [0.25, 0.3) is 0 Å². The molecular weight excluding hydrogens is 821 g/mol. The van der Waals surface area contributed by atoms with Gasteiger partial charge in [-0.2, -0.15) is 0 Å². The van der Waals surface area contributed by atoms with E-state index < -0.39 is 24.3 Å². The number of carbonyl (C=O) groups is 4. The Balaban J connectivity index is 1.00. The molecule has 0 unspecified atom stereocenters. The van der Waals surface area contributed by atoms with E-state index in [2.05, 4.69) is 61.9 Å². The predicted octanol–water partition coefficient (Wildman–Crippen LogP) is 7.86. The number of alkyl carbamates (subject to hydrolysis) is 1. The van der Waals surface area contributed by atoms with Crippen LogP contribution in [0.2, 0.25) is 0 Å². The fourth-order valence-electron chi connectivity index (χ4n) is 10.3. The molecule has 63 heavy (non-hydrogen) atoms. The van der Waals surface area contributed by atoms with Crippen LogP contribution in [0.4, 0.5) is 14.7 Å². The number of thiazole rings is 1. The first-order valence-electron chi connectivity index (χ1n) is 22.6. The van der Waals surface area contributed by atoms with Gasteiger partial charge in [0.05, 0.1) is 59.0 Å². The number of aryl methyl sites for hydroxylation is 2. The van der Waals surface area contributed by atoms with Gasteiger partial charge < -0.3 is 45.1 Å². The molecule has 2 aromatic carbocycles. The highest BCUT2D eigenvalue weighted by atomic mass is 32.1. The number of likely N-dealkylation sites (tertiary alicyclic amines) is 2. The lowest BCUT2D eigenvalue weighted by molar-refractivity contribution is -0.136. The van der Waals surface area contributed by atoms with Crippen LogP contribution in [0, 0.1) is 11.8 Å². The van der Waals surface area contributed by atoms with Crippen molar-refractivity contribution in [3.8, 4) is 0 Å². The van der Waals surface area contributed by atoms with Gasteiger partial charge in [0.1, 0.15) is 23.7 Å². The Morgan fingerprint density at radius 2 is 1.30 bits per heavy atom. The van der Waals surface area contributed by atoms with Crippen LogP contribution in [0.1, 0.15) is 137 Å². The van der Waals surface area contributed by atoms with E-state index in [1.807, 2.05) is 43.9 Å². The molecule has 3 fully saturated rings. The molecule has 6 atom stereocenters. The van der Waals surface area contributed by atoms with Crippen molar-refractivity contribution in [1.29, 1.82) is 0 Å². The topological polar surface area (TPSA) is 202 Å². The minimum absolute atomic E-state index is 0.0484. The third-order valence-corrected chi connectivity index (χ3v) is 14.7. The van der Waals surface area contributed by atoms with E-state index in [1.165, 1.54) is 24.1 Å². The van der Waals surface area contributed by atoms with Gasteiger partial charge in [-0.25, -0.2) is 24.5 Å². The van der Waals surface area contributed by atoms with Crippen molar-refractivity contribution in [3.05, 3.63) is 69.7 Å². The minimum atomic E-state index is -1.21. The Labute approximate surface area is 370 Å². The molecule has 3 aromatic heterocycles. The summed E-state index contributed by atoms with van der Waals surface area (Å²) in [5.74, 6) is 0.786. The van der Waals surface area contributed by atoms with Crippen LogP contribution in [-0.2, 0) is 27.2 Å². The van der Waals surface area contributed by atoms with Crippen molar-refractivity contribution in [2.75, 3.05) is 25.1 Å². The van der Waals surface area contributed by atoms with Crippen LogP contribution in [0.5, 0.6) is 0 Å². The van der Waals surface area contributed by atoms with E-state index in [9.17, 15) is 24.3 Å². The summed E-state index contributed by atoms with van der Waals surface area (Å²) < 4.78 is 4.83. The van der Waals surface area contributed by atoms with Crippen LogP contribution >= 0.6 is 11.3 Å². The molecule has 0 saturated carbocycles. The van der Waals surface area contributed by atoms with Gasteiger partial charge in [0, 0.05) is 18.0 Å². The second-order valence-electron chi connectivity index (χ2n) is 18.3. The number of H-pyrrole nitrogens is 2. The average Bonchev–Trinajstić information content (AvgIpc) is 4.12. The lowest BCUT2D eigenvalue weighted by Gasteiger charge is -2.31. The first kappa shape index (κ1) is 42.6. The molecule has 5 aromatic rings. The number of carbonyl (C=O) groups excluding carboxylic acids is 3. The first-order valence-corrected chi connectivity index (χ1v) is 23.4. The van der Waals surface area contributed by atoms with E-state index in [-0.39, 0.29) is 47.8 Å². The lowest BCUT2D eigenvalue weighted by atomic mass is 10.0. The second kappa shape index (κ2) is 17.5. The molecule has 9 rings (SSSR count). The van der Waals surface area contributed by atoms with Gasteiger partial charge in [0.15, 0.2) is 5.13 Å². The number of methoxy groups -OCH3 is 1. The van der Waals surface area contributed by atoms with Gasteiger partial charge >= 0.3 is 12.2 Å². The molecule has 3 saturated heterocycles. The van der Waals surface area contributed by atoms with Gasteiger partial charge in [0.2, 0.25) is 11.8 Å². The fourth-order valence-corrected chi connectivity index (χ4v) is 11.6. The van der Waals surface area contributed by atoms with Crippen molar-refractivity contribution in [2.24, 2.45) is 11.8 Å². The van der Waals surface area contributed by atoms with Gasteiger partial charge in [-0.05, 0) is 111 Å². The predicted molar refractivity (Wildman–Crippen MR) is 239 cm³/mol. The molecule has 6 heterocycles. The van der Waals surface area contributed by atoms with Crippen LogP contribution in [0.15, 0.2) is 36.4 Å². The number of nitrogens with one attached hydrogen (secondary N) is 4. The van der Waals surface area contributed by atoms with Crippen molar-refractivity contribution < 1.29 is 29.0 Å². The van der Waals surface area contributed by atoms with Gasteiger partial charge in [-0.1, -0.05) is 39.8 Å². The summed E-state index contributed by atoms with van der Waals surface area (Å²) in [6.07, 6.45) is 7.57. The number of benzene rings is 2. The zero-order chi connectivity index (χ0) is 44.1. The number of carboxylic acid groups (broad SMARTS) is 1. The molecule has 4 amide bonds. The third kappa shape index (κ3) is 8.19. The van der Waals surface area contributed by atoms with Crippen molar-refractivity contribution in [1.82, 2.24) is 45.4 Å². The molecule has 0 spiro atoms. The molecule has 334 valence electrons. The van der Waals surface area contributed by atoms with Crippen molar-refractivity contribution >= 4 is 62.5 Å². The fraction of sp³-hybridized carbons (Fsp3) is 0.543. The number of anilines is 1. The number of fused-ring (bicyclic) bond motifs is 3. The smallest absolute Gasteiger partial charge is 0.407 e. The summed E-state index contributed by atoms with van der Waals surface area (Å²) in [7, 11) is 1.30. The lowest BCUT2D eigenvalue weighted by Crippen LogP contribution is -2.51. The van der Waals surface area contributed by atoms with E-state index in [0.717, 1.165) is 102 Å². The number of nitrogens with zero attached hydrogens (tertiary/aromatic N) is 6. The normalized spacial score (nSPS) is 22.3. The highest BCUT2D eigenvalue weighted by Gasteiger charge is 2.41. The largest absolute Gasteiger partial charge is 0.465 e. The summed E-state index contributed by atoms with van der Waals surface area (Å²) in [6.45, 7) is 8.67. The molecule has 16 nitrogen and oxygen atoms in total. The van der Waals surface area contributed by atoms with E-state index in [4.69, 9.17) is 19.7 Å². The van der Waals surface area contributed by atoms with Gasteiger partial charge in [-0.15, -0.1) is 11.3 Å². The highest BCUT2D eigenvalue weighted by molar-refractivity contribution is 7.15. The Bertz CT molecular complexity index is 2510. The summed E-state index contributed by atoms with van der Waals surface area (Å²) in [4.78, 5) is 81.4. The van der Waals surface area contributed by atoms with E-state index >= 15 is 0 Å². The van der Waals surface area contributed by atoms with Crippen LogP contribution in [-0.4, -0.2) is 96.1 Å². The maximum atomic E-state index is 13.9. The molecule has 3 aliphatic heterocycles. The van der Waals surface area contributed by atoms with Gasteiger partial charge in [-0.3, -0.25) is 9.59 Å². The number of aromatic amines is 2. The zero-order valence-corrected chi connectivity index (χ0v) is 37.5. The number of amides is 4. The molecule has 0 radical (unpaired) electrons. The van der Waals surface area contributed by atoms with Crippen molar-refractivity contribution in [3.63, 3.8) is 0 Å². The highest BCUT2D eigenvalue weighted by Crippen LogP contribution is 2.50.